The summed E-state index contributed by atoms with van der Waals surface area (Å²) in [7, 11) is 0. The summed E-state index contributed by atoms with van der Waals surface area (Å²) in [5.41, 5.74) is 18.2. The Morgan fingerprint density at radius 2 is 0.847 bits per heavy atom. The predicted octanol–water partition coefficient (Wildman–Crippen LogP) is 16.5. The summed E-state index contributed by atoms with van der Waals surface area (Å²) in [6.45, 7) is 4.79. The normalized spacial score (nSPS) is 12.7. The minimum atomic E-state index is -0.214. The molecule has 0 unspecified atom stereocenters. The molecular weight excluding hydrogens is 731 g/mol. The number of nitrogens with zero attached hydrogens (tertiary/aromatic N) is 1. The maximum Gasteiger partial charge on any atom is 0.0473 e. The van der Waals surface area contributed by atoms with E-state index in [0.717, 1.165) is 17.1 Å². The average Bonchev–Trinajstić information content (AvgIpc) is 3.79. The van der Waals surface area contributed by atoms with Gasteiger partial charge in [-0.2, -0.15) is 0 Å². The predicted molar refractivity (Wildman–Crippen MR) is 253 cm³/mol. The molecule has 0 saturated heterocycles. The zero-order valence-electron chi connectivity index (χ0n) is 33.1. The van der Waals surface area contributed by atoms with Gasteiger partial charge in [0.05, 0.1) is 0 Å². The van der Waals surface area contributed by atoms with Gasteiger partial charge in [-0.25, -0.2) is 0 Å². The third-order valence-corrected chi connectivity index (χ3v) is 13.5. The van der Waals surface area contributed by atoms with Crippen LogP contribution in [0.1, 0.15) is 25.0 Å². The van der Waals surface area contributed by atoms with Gasteiger partial charge in [0.15, 0.2) is 0 Å². The van der Waals surface area contributed by atoms with E-state index in [1.54, 1.807) is 0 Å². The van der Waals surface area contributed by atoms with Gasteiger partial charge in [-0.1, -0.05) is 172 Å². The Bertz CT molecular complexity index is 3100. The van der Waals surface area contributed by atoms with Crippen molar-refractivity contribution < 1.29 is 0 Å². The number of hydrogen-bond donors (Lipinski definition) is 0. The molecule has 280 valence electrons. The second-order valence-corrected chi connectivity index (χ2v) is 17.2. The first-order valence-electron chi connectivity index (χ1n) is 20.4. The lowest BCUT2D eigenvalue weighted by Gasteiger charge is -2.29. The highest BCUT2D eigenvalue weighted by Crippen LogP contribution is 2.52. The molecule has 10 aromatic rings. The molecule has 0 radical (unpaired) electrons. The molecule has 9 aromatic carbocycles. The zero-order chi connectivity index (χ0) is 39.5. The summed E-state index contributed by atoms with van der Waals surface area (Å²) in [5.74, 6) is 0. The van der Waals surface area contributed by atoms with Crippen LogP contribution in [0.25, 0.3) is 75.8 Å². The summed E-state index contributed by atoms with van der Waals surface area (Å²) < 4.78 is 2.69. The Kier molecular flexibility index (Phi) is 8.43. The summed E-state index contributed by atoms with van der Waals surface area (Å²) >= 11 is 1.90. The average molecular weight is 772 g/mol. The molecule has 0 bridgehead atoms. The topological polar surface area (TPSA) is 3.24 Å². The van der Waals surface area contributed by atoms with E-state index in [0.29, 0.717) is 0 Å². The van der Waals surface area contributed by atoms with Crippen LogP contribution in [0.4, 0.5) is 17.1 Å². The second-order valence-electron chi connectivity index (χ2n) is 16.1. The van der Waals surface area contributed by atoms with Crippen molar-refractivity contribution in [3.05, 3.63) is 223 Å². The van der Waals surface area contributed by atoms with Crippen LogP contribution in [0.3, 0.4) is 0 Å². The maximum atomic E-state index is 2.46. The summed E-state index contributed by atoms with van der Waals surface area (Å²) in [4.78, 5) is 2.45. The molecule has 0 saturated carbocycles. The van der Waals surface area contributed by atoms with E-state index in [1.807, 2.05) is 11.3 Å². The first-order valence-corrected chi connectivity index (χ1v) is 21.2. The molecule has 2 heteroatoms. The lowest BCUT2D eigenvalue weighted by atomic mass is 9.81. The van der Waals surface area contributed by atoms with Gasteiger partial charge >= 0.3 is 0 Å². The van der Waals surface area contributed by atoms with Crippen molar-refractivity contribution in [3.63, 3.8) is 0 Å². The lowest BCUT2D eigenvalue weighted by Crippen LogP contribution is -2.16. The van der Waals surface area contributed by atoms with Crippen LogP contribution in [-0.2, 0) is 5.41 Å². The maximum absolute atomic E-state index is 2.46. The first kappa shape index (κ1) is 35.2. The van der Waals surface area contributed by atoms with Gasteiger partial charge in [-0.05, 0) is 121 Å². The van der Waals surface area contributed by atoms with Gasteiger partial charge in [-0.15, -0.1) is 11.3 Å². The SMILES string of the molecule is CC1(C)c2cc(-c3cccc4c3sc3ccccc34)ccc2-c2ccc(N(c3ccc(-c4ccccc4)cc3)c3cc(-c4ccccc4)cc(-c4ccccc4)c3)cc21. The molecular formula is C57H41NS. The van der Waals surface area contributed by atoms with E-state index >= 15 is 0 Å². The van der Waals surface area contributed by atoms with E-state index in [4.69, 9.17) is 0 Å². The van der Waals surface area contributed by atoms with Crippen LogP contribution in [0.5, 0.6) is 0 Å². The molecule has 1 aliphatic rings. The van der Waals surface area contributed by atoms with Crippen molar-refractivity contribution in [2.45, 2.75) is 19.3 Å². The molecule has 0 N–H and O–H groups in total. The third kappa shape index (κ3) is 6.07. The highest BCUT2D eigenvalue weighted by molar-refractivity contribution is 7.26. The third-order valence-electron chi connectivity index (χ3n) is 12.3. The van der Waals surface area contributed by atoms with Crippen LogP contribution in [0.2, 0.25) is 0 Å². The van der Waals surface area contributed by atoms with Gasteiger partial charge in [-0.3, -0.25) is 0 Å². The number of rotatable bonds is 7. The fourth-order valence-corrected chi connectivity index (χ4v) is 10.5. The molecule has 0 spiro atoms. The Morgan fingerprint density at radius 3 is 1.51 bits per heavy atom. The number of thiophene rings is 1. The zero-order valence-corrected chi connectivity index (χ0v) is 33.9. The minimum absolute atomic E-state index is 0.214. The van der Waals surface area contributed by atoms with Crippen molar-refractivity contribution in [1.29, 1.82) is 0 Å². The summed E-state index contributed by atoms with van der Waals surface area (Å²) in [5, 5.41) is 2.67. The van der Waals surface area contributed by atoms with Crippen LogP contribution < -0.4 is 4.90 Å². The monoisotopic (exact) mass is 771 g/mol. The Morgan fingerprint density at radius 1 is 0.339 bits per heavy atom. The highest BCUT2D eigenvalue weighted by Gasteiger charge is 2.36. The van der Waals surface area contributed by atoms with E-state index < -0.39 is 0 Å². The van der Waals surface area contributed by atoms with Crippen molar-refractivity contribution >= 4 is 48.6 Å². The minimum Gasteiger partial charge on any atom is -0.310 e. The van der Waals surface area contributed by atoms with Gasteiger partial charge in [0.1, 0.15) is 0 Å². The Labute approximate surface area is 350 Å². The Hall–Kier alpha value is -7.00. The molecule has 59 heavy (non-hydrogen) atoms. The van der Waals surface area contributed by atoms with Crippen molar-refractivity contribution in [3.8, 4) is 55.6 Å². The number of fused-ring (bicyclic) bond motifs is 6. The molecule has 0 atom stereocenters. The summed E-state index contributed by atoms with van der Waals surface area (Å²) in [6, 6.07) is 78.0. The van der Waals surface area contributed by atoms with E-state index in [9.17, 15) is 0 Å². The second kappa shape index (κ2) is 14.1. The molecule has 1 nitrogen and oxygen atoms in total. The molecule has 0 fully saturated rings. The molecule has 11 rings (SSSR count). The van der Waals surface area contributed by atoms with Crippen molar-refractivity contribution in [2.75, 3.05) is 4.90 Å². The van der Waals surface area contributed by atoms with E-state index in [1.165, 1.54) is 86.9 Å². The van der Waals surface area contributed by atoms with Gasteiger partial charge in [0.2, 0.25) is 0 Å². The van der Waals surface area contributed by atoms with Crippen LogP contribution >= 0.6 is 11.3 Å². The fraction of sp³-hybridized carbons (Fsp3) is 0.0526. The summed E-state index contributed by atoms with van der Waals surface area (Å²) in [6.07, 6.45) is 0. The highest BCUT2D eigenvalue weighted by atomic mass is 32.1. The quantitative estimate of drug-likeness (QED) is 0.156. The molecule has 1 aliphatic carbocycles. The molecule has 0 aliphatic heterocycles. The number of anilines is 3. The van der Waals surface area contributed by atoms with Gasteiger partial charge in [0.25, 0.3) is 0 Å². The lowest BCUT2D eigenvalue weighted by molar-refractivity contribution is 0.660. The van der Waals surface area contributed by atoms with Crippen LogP contribution in [0.15, 0.2) is 212 Å². The smallest absolute Gasteiger partial charge is 0.0473 e. The van der Waals surface area contributed by atoms with Gasteiger partial charge in [0, 0.05) is 42.6 Å². The van der Waals surface area contributed by atoms with E-state index in [2.05, 4.69) is 231 Å². The largest absolute Gasteiger partial charge is 0.310 e. The standard InChI is InChI=1S/C57H41NS/c1-57(2)53-36-42(48-22-14-23-52-51-21-12-13-24-55(51)59-56(48)52)27-31-49(53)50-32-30-46(37-54(50)57)58(45-28-25-41(26-29-45)38-15-6-3-7-16-38)47-34-43(39-17-8-4-9-18-39)33-44(35-47)40-19-10-5-11-20-40/h3-37H,1-2H3. The van der Waals surface area contributed by atoms with Crippen molar-refractivity contribution in [2.24, 2.45) is 0 Å². The van der Waals surface area contributed by atoms with Gasteiger partial charge < -0.3 is 4.90 Å². The van der Waals surface area contributed by atoms with Crippen LogP contribution in [0, 0.1) is 0 Å². The first-order chi connectivity index (χ1) is 29.0. The van der Waals surface area contributed by atoms with Crippen LogP contribution in [-0.4, -0.2) is 0 Å². The number of hydrogen-bond acceptors (Lipinski definition) is 2. The van der Waals surface area contributed by atoms with E-state index in [-0.39, 0.29) is 5.41 Å². The number of benzene rings is 9. The molecule has 0 amide bonds. The molecule has 1 heterocycles. The molecule has 1 aromatic heterocycles. The Balaban J connectivity index is 1.06. The van der Waals surface area contributed by atoms with Crippen molar-refractivity contribution in [1.82, 2.24) is 0 Å². The fourth-order valence-electron chi connectivity index (χ4n) is 9.22.